The number of benzene rings is 2. The average molecular weight is 620 g/mol. The Labute approximate surface area is 265 Å². The van der Waals surface area contributed by atoms with Crippen LogP contribution in [0, 0.1) is 18.8 Å². The Balaban J connectivity index is 1.43. The summed E-state index contributed by atoms with van der Waals surface area (Å²) in [6.45, 7) is 11.7. The van der Waals surface area contributed by atoms with E-state index in [4.69, 9.17) is 18.6 Å². The molecule has 1 fully saturated rings. The van der Waals surface area contributed by atoms with Crippen LogP contribution in [0.1, 0.15) is 68.5 Å². The van der Waals surface area contributed by atoms with Crippen LogP contribution >= 0.6 is 0 Å². The van der Waals surface area contributed by atoms with Crippen molar-refractivity contribution >= 4 is 17.8 Å². The Hall–Kier alpha value is -3.79. The smallest absolute Gasteiger partial charge is 0.417 e. The molecule has 0 aliphatic carbocycles. The van der Waals surface area contributed by atoms with E-state index >= 15 is 0 Å². The van der Waals surface area contributed by atoms with Gasteiger partial charge in [-0.25, -0.2) is 9.69 Å². The third-order valence-corrected chi connectivity index (χ3v) is 8.08. The van der Waals surface area contributed by atoms with Crippen molar-refractivity contribution in [2.75, 3.05) is 19.8 Å². The lowest BCUT2D eigenvalue weighted by Gasteiger charge is -2.31. The zero-order chi connectivity index (χ0) is 32.7. The Kier molecular flexibility index (Phi) is 11.4. The summed E-state index contributed by atoms with van der Waals surface area (Å²) in [5.74, 6) is -1.65. The first-order chi connectivity index (χ1) is 21.4. The number of Topliss-reactive ketones (excluding diaryl/α,β-unsaturated/α-hetero) is 1. The number of aliphatic hydroxyl groups is 1. The molecule has 9 nitrogen and oxygen atoms in total. The van der Waals surface area contributed by atoms with Crippen molar-refractivity contribution in [2.45, 2.75) is 78.7 Å². The molecule has 2 aromatic carbocycles. The van der Waals surface area contributed by atoms with Crippen molar-refractivity contribution < 1.29 is 38.1 Å². The van der Waals surface area contributed by atoms with E-state index in [1.165, 1.54) is 6.92 Å². The van der Waals surface area contributed by atoms with Gasteiger partial charge >= 0.3 is 6.09 Å². The number of aliphatic hydroxyl groups excluding tert-OH is 1. The number of rotatable bonds is 15. The summed E-state index contributed by atoms with van der Waals surface area (Å²) in [5, 5.41) is 9.71. The van der Waals surface area contributed by atoms with Crippen LogP contribution in [0.4, 0.5) is 4.79 Å². The lowest BCUT2D eigenvalue weighted by molar-refractivity contribution is -0.132. The Bertz CT molecular complexity index is 1460. The molecule has 0 bridgehead atoms. The van der Waals surface area contributed by atoms with E-state index in [0.29, 0.717) is 31.8 Å². The molecule has 1 aliphatic rings. The van der Waals surface area contributed by atoms with Crippen molar-refractivity contribution in [3.05, 3.63) is 83.3 Å². The van der Waals surface area contributed by atoms with Gasteiger partial charge in [-0.2, -0.15) is 0 Å². The monoisotopic (exact) mass is 619 g/mol. The van der Waals surface area contributed by atoms with Gasteiger partial charge in [0.25, 0.3) is 0 Å². The third kappa shape index (κ3) is 8.28. The number of amides is 2. The summed E-state index contributed by atoms with van der Waals surface area (Å²) in [4.78, 5) is 41.0. The number of ketones is 1. The van der Waals surface area contributed by atoms with Crippen molar-refractivity contribution in [3.63, 3.8) is 0 Å². The molecule has 1 saturated heterocycles. The zero-order valence-electron chi connectivity index (χ0n) is 27.1. The highest BCUT2D eigenvalue weighted by Crippen LogP contribution is 2.36. The fourth-order valence-electron chi connectivity index (χ4n) is 5.91. The molecule has 1 N–H and O–H groups in total. The number of hydrogen-bond donors (Lipinski definition) is 1. The van der Waals surface area contributed by atoms with Crippen LogP contribution in [0.25, 0.3) is 11.1 Å². The number of carbonyl (C=O) groups is 3. The molecule has 45 heavy (non-hydrogen) atoms. The Morgan fingerprint density at radius 2 is 1.78 bits per heavy atom. The molecule has 0 spiro atoms. The number of hydrogen-bond acceptors (Lipinski definition) is 8. The van der Waals surface area contributed by atoms with Gasteiger partial charge < -0.3 is 23.7 Å². The average Bonchev–Trinajstić information content (AvgIpc) is 3.54. The molecule has 1 aliphatic heterocycles. The fraction of sp³-hybridized carbons (Fsp3) is 0.472. The fourth-order valence-corrected chi connectivity index (χ4v) is 5.91. The van der Waals surface area contributed by atoms with E-state index in [1.54, 1.807) is 19.9 Å². The first-order valence-corrected chi connectivity index (χ1v) is 15.6. The molecule has 242 valence electrons. The SMILES string of the molecule is Cc1cccc(-c2cc(C(=O)C(C)C(=O)N3C(=O)OC(C)(C)C3C(C)C)oc2CCCOCC(CO)OCc2ccccc2)c1. The molecule has 3 aromatic rings. The first kappa shape index (κ1) is 34.1. The van der Waals surface area contributed by atoms with Gasteiger partial charge in [-0.1, -0.05) is 74.0 Å². The van der Waals surface area contributed by atoms with Crippen molar-refractivity contribution in [1.82, 2.24) is 4.90 Å². The Morgan fingerprint density at radius 1 is 1.04 bits per heavy atom. The summed E-state index contributed by atoms with van der Waals surface area (Å²) in [6.07, 6.45) is -0.113. The number of nitrogens with zero attached hydrogens (tertiary/aromatic N) is 1. The maximum atomic E-state index is 13.6. The third-order valence-electron chi connectivity index (χ3n) is 8.08. The van der Waals surface area contributed by atoms with Crippen LogP contribution in [0.2, 0.25) is 0 Å². The summed E-state index contributed by atoms with van der Waals surface area (Å²) in [5.41, 5.74) is 2.87. The van der Waals surface area contributed by atoms with Gasteiger partial charge in [0.1, 0.15) is 23.4 Å². The first-order valence-electron chi connectivity index (χ1n) is 15.6. The van der Waals surface area contributed by atoms with Gasteiger partial charge in [-0.3, -0.25) is 9.59 Å². The lowest BCUT2D eigenvalue weighted by atomic mass is 9.88. The van der Waals surface area contributed by atoms with Crippen LogP contribution in [-0.2, 0) is 32.0 Å². The molecule has 3 unspecified atom stereocenters. The van der Waals surface area contributed by atoms with Crippen molar-refractivity contribution in [1.29, 1.82) is 0 Å². The zero-order valence-corrected chi connectivity index (χ0v) is 27.1. The van der Waals surface area contributed by atoms with Crippen molar-refractivity contribution in [3.8, 4) is 11.1 Å². The normalized spacial score (nSPS) is 17.4. The summed E-state index contributed by atoms with van der Waals surface area (Å²) < 4.78 is 23.2. The van der Waals surface area contributed by atoms with E-state index in [1.807, 2.05) is 75.4 Å². The minimum atomic E-state index is -1.15. The molecule has 9 heteroatoms. The highest BCUT2D eigenvalue weighted by Gasteiger charge is 2.53. The summed E-state index contributed by atoms with van der Waals surface area (Å²) >= 11 is 0. The van der Waals surface area contributed by atoms with E-state index in [2.05, 4.69) is 0 Å². The quantitative estimate of drug-likeness (QED) is 0.118. The van der Waals surface area contributed by atoms with Gasteiger partial charge in [0.15, 0.2) is 5.76 Å². The topological polar surface area (TPSA) is 116 Å². The molecular formula is C36H45NO8. The predicted octanol–water partition coefficient (Wildman–Crippen LogP) is 6.38. The van der Waals surface area contributed by atoms with E-state index in [-0.39, 0.29) is 24.9 Å². The van der Waals surface area contributed by atoms with E-state index in [9.17, 15) is 19.5 Å². The van der Waals surface area contributed by atoms with Crippen LogP contribution in [-0.4, -0.2) is 65.4 Å². The van der Waals surface area contributed by atoms with Crippen molar-refractivity contribution in [2.24, 2.45) is 11.8 Å². The van der Waals surface area contributed by atoms with Gasteiger partial charge in [-0.05, 0) is 57.2 Å². The number of aryl methyl sites for hydroxylation is 2. The predicted molar refractivity (Wildman–Crippen MR) is 170 cm³/mol. The maximum absolute atomic E-state index is 13.6. The van der Waals surface area contributed by atoms with Crippen LogP contribution in [0.3, 0.4) is 0 Å². The summed E-state index contributed by atoms with van der Waals surface area (Å²) in [6, 6.07) is 18.8. The van der Waals surface area contributed by atoms with Gasteiger partial charge in [-0.15, -0.1) is 0 Å². The van der Waals surface area contributed by atoms with Gasteiger partial charge in [0.05, 0.1) is 25.9 Å². The van der Waals surface area contributed by atoms with E-state index < -0.39 is 41.4 Å². The largest absolute Gasteiger partial charge is 0.457 e. The molecule has 2 amide bonds. The second kappa shape index (κ2) is 15.0. The highest BCUT2D eigenvalue weighted by molar-refractivity contribution is 6.12. The highest BCUT2D eigenvalue weighted by atomic mass is 16.6. The van der Waals surface area contributed by atoms with E-state index in [0.717, 1.165) is 27.2 Å². The molecule has 0 saturated carbocycles. The Morgan fingerprint density at radius 3 is 2.44 bits per heavy atom. The minimum absolute atomic E-state index is 0.0610. The molecule has 3 atom stereocenters. The maximum Gasteiger partial charge on any atom is 0.417 e. The standard InChI is InChI=1S/C36H45NO8/c1-23(2)33-36(5,6)45-35(41)37(33)34(40)25(4)32(39)31-19-29(27-15-10-12-24(3)18-27)30(44-31)16-11-17-42-22-28(20-38)43-21-26-13-8-7-9-14-26/h7-10,12-15,18-19,23,25,28,33,38H,11,16-17,20-22H2,1-6H3. The molecule has 2 heterocycles. The molecule has 0 radical (unpaired) electrons. The number of furan rings is 1. The number of imide groups is 1. The summed E-state index contributed by atoms with van der Waals surface area (Å²) in [7, 11) is 0. The van der Waals surface area contributed by atoms with Gasteiger partial charge in [0.2, 0.25) is 11.7 Å². The number of ether oxygens (including phenoxy) is 3. The second-order valence-electron chi connectivity index (χ2n) is 12.6. The lowest BCUT2D eigenvalue weighted by Crippen LogP contribution is -2.50. The molecule has 1 aromatic heterocycles. The number of cyclic esters (lactones) is 1. The van der Waals surface area contributed by atoms with Gasteiger partial charge in [0, 0.05) is 18.6 Å². The number of carbonyl (C=O) groups excluding carboxylic acids is 3. The second-order valence-corrected chi connectivity index (χ2v) is 12.6. The molecular weight excluding hydrogens is 574 g/mol. The van der Waals surface area contributed by atoms with Crippen LogP contribution in [0.15, 0.2) is 65.1 Å². The van der Waals surface area contributed by atoms with Crippen LogP contribution < -0.4 is 0 Å². The molecule has 4 rings (SSSR count). The van der Waals surface area contributed by atoms with Crippen LogP contribution in [0.5, 0.6) is 0 Å². The minimum Gasteiger partial charge on any atom is -0.457 e.